The van der Waals surface area contributed by atoms with E-state index in [0.29, 0.717) is 6.42 Å². The fourth-order valence-corrected chi connectivity index (χ4v) is 2.57. The molecule has 1 heterocycles. The van der Waals surface area contributed by atoms with E-state index >= 15 is 0 Å². The first-order valence-electron chi connectivity index (χ1n) is 7.45. The fourth-order valence-electron chi connectivity index (χ4n) is 2.57. The van der Waals surface area contributed by atoms with Gasteiger partial charge >= 0.3 is 5.97 Å². The molecular weight excluding hydrogens is 303 g/mol. The number of methoxy groups -OCH3 is 2. The van der Waals surface area contributed by atoms with Gasteiger partial charge in [-0.25, -0.2) is 9.18 Å². The molecule has 0 aliphatic carbocycles. The zero-order valence-corrected chi connectivity index (χ0v) is 13.2. The predicted molar refractivity (Wildman–Crippen MR) is 81.0 cm³/mol. The molecule has 0 saturated carbocycles. The standard InChI is InChI=1S/C16H21FN2O4/c1-22-14-8-7-12(18-14)15(20)19-13(16(21)23-2)9-10-3-5-11(17)6-4-10/h3-6,12-14,18H,7-9H2,1-2H3,(H,19,20)/t12-,13-,14?/m0/s1. The van der Waals surface area contributed by atoms with Gasteiger partial charge in [-0.3, -0.25) is 10.1 Å². The normalized spacial score (nSPS) is 21.7. The second-order valence-corrected chi connectivity index (χ2v) is 5.44. The minimum absolute atomic E-state index is 0.153. The van der Waals surface area contributed by atoms with Crippen molar-refractivity contribution in [2.75, 3.05) is 14.2 Å². The van der Waals surface area contributed by atoms with Crippen molar-refractivity contribution in [3.63, 3.8) is 0 Å². The average Bonchev–Trinajstić information content (AvgIpc) is 3.04. The minimum atomic E-state index is -0.818. The Morgan fingerprint density at radius 1 is 1.30 bits per heavy atom. The predicted octanol–water partition coefficient (Wildman–Crippen LogP) is 0.750. The van der Waals surface area contributed by atoms with Crippen LogP contribution in [-0.2, 0) is 25.5 Å². The van der Waals surface area contributed by atoms with Gasteiger partial charge in [-0.15, -0.1) is 0 Å². The smallest absolute Gasteiger partial charge is 0.328 e. The summed E-state index contributed by atoms with van der Waals surface area (Å²) in [6, 6.07) is 4.56. The molecule has 0 spiro atoms. The first-order chi connectivity index (χ1) is 11.0. The van der Waals surface area contributed by atoms with Gasteiger partial charge in [0.15, 0.2) is 0 Å². The molecule has 3 atom stereocenters. The summed E-state index contributed by atoms with van der Waals surface area (Å²) in [6.07, 6.45) is 1.45. The lowest BCUT2D eigenvalue weighted by atomic mass is 10.1. The van der Waals surface area contributed by atoms with Crippen LogP contribution in [0.4, 0.5) is 4.39 Å². The lowest BCUT2D eigenvalue weighted by Gasteiger charge is -2.19. The number of nitrogens with one attached hydrogen (secondary N) is 2. The van der Waals surface area contributed by atoms with E-state index < -0.39 is 18.1 Å². The Kier molecular flexibility index (Phi) is 6.06. The van der Waals surface area contributed by atoms with Gasteiger partial charge in [-0.05, 0) is 30.5 Å². The zero-order valence-electron chi connectivity index (χ0n) is 13.2. The molecule has 1 fully saturated rings. The van der Waals surface area contributed by atoms with E-state index in [1.54, 1.807) is 19.2 Å². The number of rotatable bonds is 6. The lowest BCUT2D eigenvalue weighted by molar-refractivity contribution is -0.145. The van der Waals surface area contributed by atoms with E-state index in [1.165, 1.54) is 19.2 Å². The van der Waals surface area contributed by atoms with Gasteiger partial charge in [0, 0.05) is 13.5 Å². The van der Waals surface area contributed by atoms with Crippen molar-refractivity contribution >= 4 is 11.9 Å². The summed E-state index contributed by atoms with van der Waals surface area (Å²) in [4.78, 5) is 24.2. The third kappa shape index (κ3) is 4.74. The zero-order chi connectivity index (χ0) is 16.8. The molecule has 1 saturated heterocycles. The first-order valence-corrected chi connectivity index (χ1v) is 7.45. The number of ether oxygens (including phenoxy) is 2. The number of amides is 1. The van der Waals surface area contributed by atoms with Crippen LogP contribution in [0.15, 0.2) is 24.3 Å². The largest absolute Gasteiger partial charge is 0.467 e. The lowest BCUT2D eigenvalue weighted by Crippen LogP contribution is -2.50. The topological polar surface area (TPSA) is 76.7 Å². The highest BCUT2D eigenvalue weighted by molar-refractivity contribution is 5.87. The van der Waals surface area contributed by atoms with E-state index in [-0.39, 0.29) is 24.4 Å². The maximum Gasteiger partial charge on any atom is 0.328 e. The molecule has 1 aromatic carbocycles. The van der Waals surface area contributed by atoms with Gasteiger partial charge in [0.05, 0.1) is 13.2 Å². The average molecular weight is 324 g/mol. The summed E-state index contributed by atoms with van der Waals surface area (Å²) in [6.45, 7) is 0. The Balaban J connectivity index is 1.99. The maximum absolute atomic E-state index is 13.0. The highest BCUT2D eigenvalue weighted by Crippen LogP contribution is 2.14. The molecule has 7 heteroatoms. The molecule has 1 aliphatic rings. The Bertz CT molecular complexity index is 550. The molecule has 6 nitrogen and oxygen atoms in total. The SMILES string of the molecule is COC(=O)[C@H](Cc1ccc(F)cc1)NC(=O)[C@@H]1CCC(OC)N1. The van der Waals surface area contributed by atoms with Crippen LogP contribution >= 0.6 is 0 Å². The fraction of sp³-hybridized carbons (Fsp3) is 0.500. The van der Waals surface area contributed by atoms with Crippen LogP contribution in [0.1, 0.15) is 18.4 Å². The molecule has 1 aromatic rings. The third-order valence-corrected chi connectivity index (χ3v) is 3.86. The second kappa shape index (κ2) is 8.03. The molecule has 1 amide bonds. The number of carbonyl (C=O) groups is 2. The molecule has 0 radical (unpaired) electrons. The molecule has 2 rings (SSSR count). The number of carbonyl (C=O) groups excluding carboxylic acids is 2. The minimum Gasteiger partial charge on any atom is -0.467 e. The molecule has 23 heavy (non-hydrogen) atoms. The van der Waals surface area contributed by atoms with E-state index in [4.69, 9.17) is 9.47 Å². The van der Waals surface area contributed by atoms with Gasteiger partial charge in [0.1, 0.15) is 18.1 Å². The van der Waals surface area contributed by atoms with Gasteiger partial charge in [0.25, 0.3) is 0 Å². The molecule has 0 bridgehead atoms. The van der Waals surface area contributed by atoms with Crippen molar-refractivity contribution in [3.8, 4) is 0 Å². The number of hydrogen-bond acceptors (Lipinski definition) is 5. The second-order valence-electron chi connectivity index (χ2n) is 5.44. The van der Waals surface area contributed by atoms with Crippen LogP contribution in [0.3, 0.4) is 0 Å². The Morgan fingerprint density at radius 2 is 2.00 bits per heavy atom. The number of halogens is 1. The van der Waals surface area contributed by atoms with Crippen LogP contribution < -0.4 is 10.6 Å². The highest BCUT2D eigenvalue weighted by atomic mass is 19.1. The quantitative estimate of drug-likeness (QED) is 0.755. The molecule has 2 N–H and O–H groups in total. The summed E-state index contributed by atoms with van der Waals surface area (Å²) in [5.41, 5.74) is 0.733. The van der Waals surface area contributed by atoms with Crippen LogP contribution in [-0.4, -0.2) is 44.4 Å². The van der Waals surface area contributed by atoms with E-state index in [2.05, 4.69) is 10.6 Å². The maximum atomic E-state index is 13.0. The van der Waals surface area contributed by atoms with E-state index in [9.17, 15) is 14.0 Å². The van der Waals surface area contributed by atoms with Gasteiger partial charge < -0.3 is 14.8 Å². The van der Waals surface area contributed by atoms with Gasteiger partial charge in [-0.1, -0.05) is 12.1 Å². The monoisotopic (exact) mass is 324 g/mol. The van der Waals surface area contributed by atoms with E-state index in [0.717, 1.165) is 12.0 Å². The Hall–Kier alpha value is -1.99. The van der Waals surface area contributed by atoms with E-state index in [1.807, 2.05) is 0 Å². The number of esters is 1. The van der Waals surface area contributed by atoms with Crippen LogP contribution in [0.2, 0.25) is 0 Å². The molecule has 0 aromatic heterocycles. The third-order valence-electron chi connectivity index (χ3n) is 3.86. The van der Waals surface area contributed by atoms with Crippen molar-refractivity contribution in [2.24, 2.45) is 0 Å². The van der Waals surface area contributed by atoms with Crippen molar-refractivity contribution in [1.82, 2.24) is 10.6 Å². The van der Waals surface area contributed by atoms with Crippen LogP contribution in [0, 0.1) is 5.82 Å². The summed E-state index contributed by atoms with van der Waals surface area (Å²) in [5.74, 6) is -1.17. The van der Waals surface area contributed by atoms with Crippen molar-refractivity contribution < 1.29 is 23.5 Å². The summed E-state index contributed by atoms with van der Waals surface area (Å²) in [5, 5.41) is 5.73. The van der Waals surface area contributed by atoms with Crippen LogP contribution in [0.5, 0.6) is 0 Å². The summed E-state index contributed by atoms with van der Waals surface area (Å²) >= 11 is 0. The summed E-state index contributed by atoms with van der Waals surface area (Å²) in [7, 11) is 2.84. The Labute approximate surface area is 134 Å². The van der Waals surface area contributed by atoms with Crippen molar-refractivity contribution in [2.45, 2.75) is 37.6 Å². The molecule has 126 valence electrons. The molecule has 1 unspecified atom stereocenters. The van der Waals surface area contributed by atoms with Crippen molar-refractivity contribution in [1.29, 1.82) is 0 Å². The first kappa shape index (κ1) is 17.4. The molecule has 1 aliphatic heterocycles. The van der Waals surface area contributed by atoms with Gasteiger partial charge in [0.2, 0.25) is 5.91 Å². The van der Waals surface area contributed by atoms with Crippen LogP contribution in [0.25, 0.3) is 0 Å². The molecular formula is C16H21FN2O4. The Morgan fingerprint density at radius 3 is 2.57 bits per heavy atom. The van der Waals surface area contributed by atoms with Crippen molar-refractivity contribution in [3.05, 3.63) is 35.6 Å². The number of hydrogen-bond donors (Lipinski definition) is 2. The number of benzene rings is 1. The van der Waals surface area contributed by atoms with Gasteiger partial charge in [-0.2, -0.15) is 0 Å². The highest BCUT2D eigenvalue weighted by Gasteiger charge is 2.31. The summed E-state index contributed by atoms with van der Waals surface area (Å²) < 4.78 is 22.8.